The highest BCUT2D eigenvalue weighted by Crippen LogP contribution is 2.63. The van der Waals surface area contributed by atoms with E-state index in [1.54, 1.807) is 9.80 Å². The number of nitrogens with zero attached hydrogens (tertiary/aromatic N) is 6. The van der Waals surface area contributed by atoms with Crippen molar-refractivity contribution in [2.75, 3.05) is 13.1 Å². The smallest absolute Gasteiger partial charge is 0.361 e. The second-order valence-corrected chi connectivity index (χ2v) is 16.6. The number of nitrogens with two attached hydrogens (primary N) is 2. The number of amides is 4. The second kappa shape index (κ2) is 9.46. The van der Waals surface area contributed by atoms with Gasteiger partial charge < -0.3 is 30.3 Å². The third-order valence-corrected chi connectivity index (χ3v) is 13.3. The van der Waals surface area contributed by atoms with E-state index in [1.807, 2.05) is 12.1 Å². The molecule has 4 aliphatic heterocycles. The first-order valence-electron chi connectivity index (χ1n) is 16.8. The first kappa shape index (κ1) is 28.7. The van der Waals surface area contributed by atoms with E-state index in [0.29, 0.717) is 37.3 Å². The van der Waals surface area contributed by atoms with Gasteiger partial charge in [0.15, 0.2) is 0 Å². The van der Waals surface area contributed by atoms with E-state index in [1.165, 1.54) is 0 Å². The molecule has 4 bridgehead atoms. The Labute approximate surface area is 270 Å². The Morgan fingerprint density at radius 1 is 0.723 bits per heavy atom. The molecule has 16 nitrogen and oxygen atoms in total. The van der Waals surface area contributed by atoms with E-state index >= 15 is 0 Å². The van der Waals surface area contributed by atoms with Gasteiger partial charge in [0.1, 0.15) is 22.9 Å². The van der Waals surface area contributed by atoms with Crippen LogP contribution in [0.4, 0.5) is 9.59 Å². The van der Waals surface area contributed by atoms with Gasteiger partial charge in [-0.25, -0.2) is 9.59 Å². The first-order valence-corrected chi connectivity index (χ1v) is 18.1. The lowest BCUT2D eigenvalue weighted by molar-refractivity contribution is -0.101. The van der Waals surface area contributed by atoms with E-state index in [-0.39, 0.29) is 46.8 Å². The standard InChI is InChI=1S/C30H38N8O8S/c31-17-5-15(6-17)23-9-19(33-43-23)21-11-29(1-2-29)25-13-35(21)27(39)37(25)45-47(41,42)46-38-26-14-36(28(38)40)22(12-30(26)3-4-30)20-10-24(44-34-20)16-7-18(32)8-16/h9-10,15-18,21-22,25-26H,1-8,11-14,31-32H2/t15?,16?,17?,18?,21-,22-,25-,26-/m0/s1. The zero-order chi connectivity index (χ0) is 32.0. The molecule has 4 amide bonds. The number of urea groups is 2. The van der Waals surface area contributed by atoms with Gasteiger partial charge in [-0.15, -0.1) is 8.57 Å². The Kier molecular flexibility index (Phi) is 5.78. The fourth-order valence-electron chi connectivity index (χ4n) is 9.26. The van der Waals surface area contributed by atoms with Gasteiger partial charge in [0.05, 0.1) is 24.2 Å². The molecule has 0 aromatic carbocycles. The average Bonchev–Trinajstić information content (AvgIpc) is 3.71. The zero-order valence-corrected chi connectivity index (χ0v) is 26.6. The molecule has 0 radical (unpaired) electrons. The predicted octanol–water partition coefficient (Wildman–Crippen LogP) is 2.54. The highest BCUT2D eigenvalue weighted by Gasteiger charge is 2.66. The number of fused-ring (bicyclic) bond motifs is 6. The van der Waals surface area contributed by atoms with Gasteiger partial charge in [-0.1, -0.05) is 10.3 Å². The Morgan fingerprint density at radius 2 is 1.13 bits per heavy atom. The average molecular weight is 671 g/mol. The van der Waals surface area contributed by atoms with E-state index < -0.39 is 34.5 Å². The molecule has 2 spiro atoms. The molecule has 4 saturated heterocycles. The topological polar surface area (TPSA) is 204 Å². The summed E-state index contributed by atoms with van der Waals surface area (Å²) in [4.78, 5) is 30.7. The summed E-state index contributed by atoms with van der Waals surface area (Å²) in [5, 5.41) is 10.5. The lowest BCUT2D eigenvalue weighted by Crippen LogP contribution is -2.45. The Balaban J connectivity index is 0.859. The summed E-state index contributed by atoms with van der Waals surface area (Å²) in [7, 11) is -4.85. The minimum atomic E-state index is -4.85. The van der Waals surface area contributed by atoms with Crippen LogP contribution in [0.2, 0.25) is 0 Å². The number of hydroxylamine groups is 4. The van der Waals surface area contributed by atoms with Crippen LogP contribution < -0.4 is 11.5 Å². The number of aromatic nitrogens is 2. The van der Waals surface area contributed by atoms with Crippen molar-refractivity contribution in [1.29, 1.82) is 0 Å². The van der Waals surface area contributed by atoms with Crippen LogP contribution in [0.5, 0.6) is 0 Å². The van der Waals surface area contributed by atoms with Crippen LogP contribution in [-0.2, 0) is 19.0 Å². The molecule has 17 heteroatoms. The molecule has 2 aromatic heterocycles. The summed E-state index contributed by atoms with van der Waals surface area (Å²) in [6.45, 7) is 0.595. The van der Waals surface area contributed by atoms with E-state index in [9.17, 15) is 18.0 Å². The molecule has 6 heterocycles. The van der Waals surface area contributed by atoms with Gasteiger partial charge in [-0.3, -0.25) is 0 Å². The van der Waals surface area contributed by atoms with Gasteiger partial charge in [0.25, 0.3) is 0 Å². The maximum atomic E-state index is 13.7. The van der Waals surface area contributed by atoms with Crippen LogP contribution in [0, 0.1) is 10.8 Å². The van der Waals surface area contributed by atoms with Crippen molar-refractivity contribution in [3.63, 3.8) is 0 Å². The normalized spacial score (nSPS) is 37.6. The quantitative estimate of drug-likeness (QED) is 0.416. The van der Waals surface area contributed by atoms with Crippen molar-refractivity contribution in [1.82, 2.24) is 30.2 Å². The highest BCUT2D eigenvalue weighted by atomic mass is 32.3. The lowest BCUT2D eigenvalue weighted by atomic mass is 9.79. The zero-order valence-electron chi connectivity index (χ0n) is 25.8. The molecule has 4 saturated carbocycles. The number of carbonyl (C=O) groups is 2. The van der Waals surface area contributed by atoms with Crippen LogP contribution in [-0.4, -0.2) is 88.0 Å². The van der Waals surface area contributed by atoms with Crippen molar-refractivity contribution in [3.8, 4) is 0 Å². The van der Waals surface area contributed by atoms with Crippen molar-refractivity contribution in [3.05, 3.63) is 35.0 Å². The Morgan fingerprint density at radius 3 is 1.49 bits per heavy atom. The minimum Gasteiger partial charge on any atom is -0.361 e. The fraction of sp³-hybridized carbons (Fsp3) is 0.733. The lowest BCUT2D eigenvalue weighted by Gasteiger charge is -2.36. The number of hydrogen-bond acceptors (Lipinski definition) is 12. The van der Waals surface area contributed by atoms with Crippen molar-refractivity contribution >= 4 is 22.5 Å². The van der Waals surface area contributed by atoms with Gasteiger partial charge >= 0.3 is 22.5 Å². The number of hydrogen-bond donors (Lipinski definition) is 2. The molecular weight excluding hydrogens is 632 g/mol. The molecule has 4 atom stereocenters. The summed E-state index contributed by atoms with van der Waals surface area (Å²) in [5.41, 5.74) is 12.6. The maximum absolute atomic E-state index is 13.7. The van der Waals surface area contributed by atoms with Gasteiger partial charge in [-0.2, -0.15) is 18.5 Å². The molecule has 0 unspecified atom stereocenters. The van der Waals surface area contributed by atoms with E-state index in [4.69, 9.17) is 29.1 Å². The maximum Gasteiger partial charge on any atom is 0.442 e. The minimum absolute atomic E-state index is 0.163. The third-order valence-electron chi connectivity index (χ3n) is 12.6. The molecule has 2 aromatic rings. The van der Waals surface area contributed by atoms with Gasteiger partial charge in [-0.05, 0) is 75.0 Å². The van der Waals surface area contributed by atoms with Crippen LogP contribution in [0.25, 0.3) is 0 Å². The molecule has 252 valence electrons. The van der Waals surface area contributed by atoms with Crippen LogP contribution in [0.1, 0.15) is 111 Å². The SMILES string of the molecule is NC1CC(c2cc([C@@H]3CC4(CC4)[C@@H]4CN3C(=O)N4OS(=O)(=O)ON3C(=O)N4C[C@H]3C3(CC3)C[C@H]4c3cc(C4CC(N)C4)on3)no2)C1. The molecule has 47 heavy (non-hydrogen) atoms. The molecule has 4 aliphatic carbocycles. The van der Waals surface area contributed by atoms with Crippen LogP contribution in [0.15, 0.2) is 21.2 Å². The predicted molar refractivity (Wildman–Crippen MR) is 158 cm³/mol. The van der Waals surface area contributed by atoms with E-state index in [0.717, 1.165) is 73.0 Å². The third kappa shape index (κ3) is 4.28. The summed E-state index contributed by atoms with van der Waals surface area (Å²) in [6.07, 6.45) is 7.95. The fourth-order valence-corrected chi connectivity index (χ4v) is 10.0. The van der Waals surface area contributed by atoms with Crippen LogP contribution >= 0.6 is 0 Å². The molecular formula is C30H38N8O8S. The number of piperidine rings is 2. The first-order chi connectivity index (χ1) is 22.5. The number of rotatable bonds is 8. The summed E-state index contributed by atoms with van der Waals surface area (Å²) in [6, 6.07) is 1.33. The summed E-state index contributed by atoms with van der Waals surface area (Å²) in [5.74, 6) is 1.98. The summed E-state index contributed by atoms with van der Waals surface area (Å²) >= 11 is 0. The molecule has 4 N–H and O–H groups in total. The van der Waals surface area contributed by atoms with Crippen molar-refractivity contribution < 1.29 is 35.6 Å². The summed E-state index contributed by atoms with van der Waals surface area (Å²) < 4.78 is 49.3. The largest absolute Gasteiger partial charge is 0.442 e. The molecule has 10 rings (SSSR count). The van der Waals surface area contributed by atoms with Crippen molar-refractivity contribution in [2.45, 2.75) is 112 Å². The van der Waals surface area contributed by atoms with Crippen molar-refractivity contribution in [2.24, 2.45) is 22.3 Å². The monoisotopic (exact) mass is 670 g/mol. The highest BCUT2D eigenvalue weighted by molar-refractivity contribution is 7.81. The van der Waals surface area contributed by atoms with E-state index in [2.05, 4.69) is 10.3 Å². The van der Waals surface area contributed by atoms with Gasteiger partial charge in [0, 0.05) is 49.1 Å². The van der Waals surface area contributed by atoms with Gasteiger partial charge in [0.2, 0.25) is 0 Å². The van der Waals surface area contributed by atoms with Crippen LogP contribution in [0.3, 0.4) is 0 Å². The molecule has 8 fully saturated rings. The molecule has 8 aliphatic rings. The Bertz CT molecular complexity index is 1640. The Hall–Kier alpha value is -3.25. The number of carbonyl (C=O) groups excluding carboxylic acids is 2. The second-order valence-electron chi connectivity index (χ2n) is 15.4.